The van der Waals surface area contributed by atoms with Crippen LogP contribution in [-0.2, 0) is 0 Å². The maximum absolute atomic E-state index is 8.55. The van der Waals surface area contributed by atoms with Crippen molar-refractivity contribution < 1.29 is 5.11 Å². The molecule has 0 unspecified atom stereocenters. The molecule has 0 rings (SSSR count). The fourth-order valence-corrected chi connectivity index (χ4v) is 0.653. The van der Waals surface area contributed by atoms with Crippen LogP contribution in [0.2, 0.25) is 0 Å². The van der Waals surface area contributed by atoms with Gasteiger partial charge in [0.25, 0.3) is 0 Å². The minimum absolute atomic E-state index is 0.254. The second kappa shape index (κ2) is 10.9. The first-order chi connectivity index (χ1) is 5.66. The molecule has 0 saturated carbocycles. The Morgan fingerprint density at radius 3 is 1.75 bits per heavy atom. The summed E-state index contributed by atoms with van der Waals surface area (Å²) in [6, 6.07) is 0. The third-order valence-corrected chi connectivity index (χ3v) is 1.41. The van der Waals surface area contributed by atoms with Gasteiger partial charge in [-0.15, -0.1) is 0 Å². The number of aliphatic hydroxyl groups is 1. The van der Waals surface area contributed by atoms with Gasteiger partial charge < -0.3 is 14.9 Å². The average molecular weight is 176 g/mol. The predicted octanol–water partition coefficient (Wildman–Crippen LogP) is 0.498. The minimum Gasteiger partial charge on any atom is -0.395 e. The summed E-state index contributed by atoms with van der Waals surface area (Å²) in [5.41, 5.74) is 0. The summed E-state index contributed by atoms with van der Waals surface area (Å²) in [6.45, 7) is 7.10. The predicted molar refractivity (Wildman–Crippen MR) is 54.5 cm³/mol. The molecule has 0 bridgehead atoms. The zero-order valence-corrected chi connectivity index (χ0v) is 9.17. The number of rotatable bonds is 5. The Kier molecular flexibility index (Phi) is 13.1. The normalized spacial score (nSPS) is 10.0. The van der Waals surface area contributed by atoms with Crippen LogP contribution in [0.5, 0.6) is 0 Å². The van der Waals surface area contributed by atoms with Crippen molar-refractivity contribution in [2.45, 2.75) is 13.8 Å². The van der Waals surface area contributed by atoms with Gasteiger partial charge in [-0.3, -0.25) is 0 Å². The second-order valence-electron chi connectivity index (χ2n) is 2.83. The SMILES string of the molecule is CC.CN(C)CCN(C)CCO. The van der Waals surface area contributed by atoms with Crippen LogP contribution in [0, 0.1) is 0 Å². The summed E-state index contributed by atoms with van der Waals surface area (Å²) in [7, 11) is 6.11. The molecule has 12 heavy (non-hydrogen) atoms. The van der Waals surface area contributed by atoms with E-state index in [4.69, 9.17) is 5.11 Å². The Bertz CT molecular complexity index is 76.9. The van der Waals surface area contributed by atoms with Crippen molar-refractivity contribution in [3.8, 4) is 0 Å². The molecular weight excluding hydrogens is 152 g/mol. The Morgan fingerprint density at radius 1 is 0.917 bits per heavy atom. The van der Waals surface area contributed by atoms with Crippen LogP contribution in [0.15, 0.2) is 0 Å². The van der Waals surface area contributed by atoms with Crippen LogP contribution in [0.4, 0.5) is 0 Å². The molecule has 3 heteroatoms. The van der Waals surface area contributed by atoms with Gasteiger partial charge in [-0.05, 0) is 21.1 Å². The highest BCUT2D eigenvalue weighted by Crippen LogP contribution is 1.81. The molecule has 0 aromatic heterocycles. The molecular formula is C9H24N2O. The standard InChI is InChI=1S/C7H18N2O.C2H6/c1-8(2)4-5-9(3)6-7-10;1-2/h10H,4-7H2,1-3H3;1-2H3. The second-order valence-corrected chi connectivity index (χ2v) is 2.83. The molecule has 0 aliphatic rings. The van der Waals surface area contributed by atoms with Crippen molar-refractivity contribution in [1.82, 2.24) is 9.80 Å². The third kappa shape index (κ3) is 12.5. The van der Waals surface area contributed by atoms with Crippen molar-refractivity contribution in [2.75, 3.05) is 47.4 Å². The highest BCUT2D eigenvalue weighted by molar-refractivity contribution is 4.51. The smallest absolute Gasteiger partial charge is 0.0558 e. The van der Waals surface area contributed by atoms with E-state index in [-0.39, 0.29) is 6.61 Å². The van der Waals surface area contributed by atoms with Crippen molar-refractivity contribution in [2.24, 2.45) is 0 Å². The van der Waals surface area contributed by atoms with Crippen LogP contribution in [-0.4, -0.2) is 62.3 Å². The molecule has 0 saturated heterocycles. The third-order valence-electron chi connectivity index (χ3n) is 1.41. The van der Waals surface area contributed by atoms with Crippen molar-refractivity contribution >= 4 is 0 Å². The summed E-state index contributed by atoms with van der Waals surface area (Å²) in [6.07, 6.45) is 0. The zero-order valence-electron chi connectivity index (χ0n) is 9.17. The van der Waals surface area contributed by atoms with Crippen LogP contribution in [0.1, 0.15) is 13.8 Å². The average Bonchev–Trinajstić information content (AvgIpc) is 2.05. The fraction of sp³-hybridized carbons (Fsp3) is 1.00. The van der Waals surface area contributed by atoms with Gasteiger partial charge >= 0.3 is 0 Å². The Hall–Kier alpha value is -0.120. The van der Waals surface area contributed by atoms with Crippen molar-refractivity contribution in [1.29, 1.82) is 0 Å². The van der Waals surface area contributed by atoms with E-state index in [0.717, 1.165) is 19.6 Å². The van der Waals surface area contributed by atoms with E-state index in [1.807, 2.05) is 35.0 Å². The van der Waals surface area contributed by atoms with Crippen LogP contribution >= 0.6 is 0 Å². The zero-order chi connectivity index (χ0) is 9.98. The lowest BCUT2D eigenvalue weighted by atomic mass is 10.5. The molecule has 0 spiro atoms. The molecule has 0 amide bonds. The number of hydrogen-bond acceptors (Lipinski definition) is 3. The molecule has 76 valence electrons. The molecule has 0 atom stereocenters. The van der Waals surface area contributed by atoms with Gasteiger partial charge in [0.2, 0.25) is 0 Å². The molecule has 1 N–H and O–H groups in total. The number of nitrogens with zero attached hydrogens (tertiary/aromatic N) is 2. The largest absolute Gasteiger partial charge is 0.395 e. The van der Waals surface area contributed by atoms with Crippen molar-refractivity contribution in [3.05, 3.63) is 0 Å². The fourth-order valence-electron chi connectivity index (χ4n) is 0.653. The monoisotopic (exact) mass is 176 g/mol. The number of aliphatic hydroxyl groups excluding tert-OH is 1. The number of hydrogen-bond donors (Lipinski definition) is 1. The van der Waals surface area contributed by atoms with E-state index in [2.05, 4.69) is 9.80 Å². The van der Waals surface area contributed by atoms with E-state index in [9.17, 15) is 0 Å². The molecule has 0 aromatic carbocycles. The van der Waals surface area contributed by atoms with E-state index in [1.54, 1.807) is 0 Å². The van der Waals surface area contributed by atoms with Gasteiger partial charge in [-0.25, -0.2) is 0 Å². The lowest BCUT2D eigenvalue weighted by Gasteiger charge is -2.17. The van der Waals surface area contributed by atoms with Gasteiger partial charge in [0, 0.05) is 19.6 Å². The van der Waals surface area contributed by atoms with Crippen LogP contribution in [0.3, 0.4) is 0 Å². The molecule has 0 aromatic rings. The molecule has 0 radical (unpaired) electrons. The summed E-state index contributed by atoms with van der Waals surface area (Å²) < 4.78 is 0. The Balaban J connectivity index is 0. The van der Waals surface area contributed by atoms with Gasteiger partial charge in [0.05, 0.1) is 6.61 Å². The van der Waals surface area contributed by atoms with Crippen molar-refractivity contribution in [3.63, 3.8) is 0 Å². The Morgan fingerprint density at radius 2 is 1.42 bits per heavy atom. The first kappa shape index (κ1) is 14.4. The van der Waals surface area contributed by atoms with Crippen LogP contribution < -0.4 is 0 Å². The number of likely N-dealkylation sites (N-methyl/N-ethyl adjacent to an activating group) is 2. The summed E-state index contributed by atoms with van der Waals surface area (Å²) in [4.78, 5) is 4.24. The molecule has 0 heterocycles. The highest BCUT2D eigenvalue weighted by Gasteiger charge is 1.96. The van der Waals surface area contributed by atoms with E-state index in [1.165, 1.54) is 0 Å². The summed E-state index contributed by atoms with van der Waals surface area (Å²) in [5, 5.41) is 8.55. The van der Waals surface area contributed by atoms with E-state index in [0.29, 0.717) is 0 Å². The molecule has 0 fully saturated rings. The quantitative estimate of drug-likeness (QED) is 0.661. The maximum Gasteiger partial charge on any atom is 0.0558 e. The van der Waals surface area contributed by atoms with Gasteiger partial charge in [0.1, 0.15) is 0 Å². The van der Waals surface area contributed by atoms with Gasteiger partial charge in [0.15, 0.2) is 0 Å². The highest BCUT2D eigenvalue weighted by atomic mass is 16.3. The lowest BCUT2D eigenvalue weighted by molar-refractivity contribution is 0.209. The summed E-state index contributed by atoms with van der Waals surface area (Å²) in [5.74, 6) is 0. The van der Waals surface area contributed by atoms with Gasteiger partial charge in [-0.1, -0.05) is 13.8 Å². The lowest BCUT2D eigenvalue weighted by Crippen LogP contribution is -2.30. The summed E-state index contributed by atoms with van der Waals surface area (Å²) >= 11 is 0. The topological polar surface area (TPSA) is 26.7 Å². The first-order valence-electron chi connectivity index (χ1n) is 4.61. The molecule has 0 aliphatic heterocycles. The molecule has 3 nitrogen and oxygen atoms in total. The maximum atomic E-state index is 8.55. The van der Waals surface area contributed by atoms with E-state index >= 15 is 0 Å². The molecule has 0 aliphatic carbocycles. The Labute approximate surface area is 77.0 Å². The van der Waals surface area contributed by atoms with E-state index < -0.39 is 0 Å². The first-order valence-corrected chi connectivity index (χ1v) is 4.61. The van der Waals surface area contributed by atoms with Gasteiger partial charge in [-0.2, -0.15) is 0 Å². The minimum atomic E-state index is 0.254. The van der Waals surface area contributed by atoms with Crippen LogP contribution in [0.25, 0.3) is 0 Å².